The fourth-order valence-corrected chi connectivity index (χ4v) is 3.06. The highest BCUT2D eigenvalue weighted by atomic mass is 35.5. The lowest BCUT2D eigenvalue weighted by atomic mass is 9.96. The van der Waals surface area contributed by atoms with Gasteiger partial charge in [-0.15, -0.1) is 24.8 Å². The number of pyridine rings is 1. The lowest BCUT2D eigenvalue weighted by Gasteiger charge is -2.23. The van der Waals surface area contributed by atoms with E-state index in [2.05, 4.69) is 10.3 Å². The summed E-state index contributed by atoms with van der Waals surface area (Å²) < 4.78 is 53.3. The number of halogens is 7. The zero-order chi connectivity index (χ0) is 23.6. The van der Waals surface area contributed by atoms with Gasteiger partial charge in [-0.1, -0.05) is 11.6 Å². The Balaban J connectivity index is 0.00000512. The number of hydrogen-bond acceptors (Lipinski definition) is 4. The molecule has 4 N–H and O–H groups in total. The van der Waals surface area contributed by atoms with Crippen LogP contribution in [0.25, 0.3) is 0 Å². The number of amides is 1. The Morgan fingerprint density at radius 3 is 2.30 bits per heavy atom. The summed E-state index contributed by atoms with van der Waals surface area (Å²) in [5, 5.41) is 13.4. The quantitative estimate of drug-likeness (QED) is 0.467. The molecule has 0 saturated heterocycles. The second-order valence-electron chi connectivity index (χ2n) is 8.27. The van der Waals surface area contributed by atoms with Gasteiger partial charge in [0, 0.05) is 23.0 Å². The monoisotopic (exact) mass is 533 g/mol. The third-order valence-corrected chi connectivity index (χ3v) is 4.59. The molecular weight excluding hydrogens is 509 g/mol. The molecular formula is C21H26Cl3F4N3O2. The first-order chi connectivity index (χ1) is 14.2. The summed E-state index contributed by atoms with van der Waals surface area (Å²) in [5.74, 6) is -1.21. The number of aromatic nitrogens is 1. The van der Waals surface area contributed by atoms with E-state index in [9.17, 15) is 27.5 Å². The summed E-state index contributed by atoms with van der Waals surface area (Å²) in [4.78, 5) is 16.1. The Labute approximate surface area is 206 Å². The van der Waals surface area contributed by atoms with Gasteiger partial charge in [0.05, 0.1) is 17.4 Å². The molecule has 0 radical (unpaired) electrons. The Morgan fingerprint density at radius 2 is 1.76 bits per heavy atom. The number of nitrogens with two attached hydrogens (primary N) is 1. The fourth-order valence-electron chi connectivity index (χ4n) is 2.87. The molecule has 2 rings (SSSR count). The van der Waals surface area contributed by atoms with Gasteiger partial charge in [0.15, 0.2) is 0 Å². The highest BCUT2D eigenvalue weighted by Crippen LogP contribution is 2.29. The number of aliphatic hydroxyl groups is 1. The molecule has 33 heavy (non-hydrogen) atoms. The van der Waals surface area contributed by atoms with Crippen LogP contribution in [-0.2, 0) is 19.0 Å². The van der Waals surface area contributed by atoms with Crippen molar-refractivity contribution in [3.63, 3.8) is 0 Å². The zero-order valence-electron chi connectivity index (χ0n) is 18.0. The van der Waals surface area contributed by atoms with E-state index in [4.69, 9.17) is 17.3 Å². The Morgan fingerprint density at radius 1 is 1.15 bits per heavy atom. The number of nitrogens with zero attached hydrogens (tertiary/aromatic N) is 1. The highest BCUT2D eigenvalue weighted by molar-refractivity contribution is 6.30. The normalized spacial score (nSPS) is 13.4. The third-order valence-electron chi connectivity index (χ3n) is 4.36. The molecule has 5 nitrogen and oxygen atoms in total. The maximum Gasteiger partial charge on any atom is 0.433 e. The van der Waals surface area contributed by atoms with Crippen molar-refractivity contribution in [2.75, 3.05) is 0 Å². The first kappa shape index (κ1) is 31.4. The smallest absolute Gasteiger partial charge is 0.391 e. The lowest BCUT2D eigenvalue weighted by Crippen LogP contribution is -2.42. The molecule has 0 fully saturated rings. The molecule has 186 valence electrons. The van der Waals surface area contributed by atoms with Gasteiger partial charge < -0.3 is 16.2 Å². The Hall–Kier alpha value is -1.65. The molecule has 0 spiro atoms. The van der Waals surface area contributed by atoms with Crippen LogP contribution in [0.2, 0.25) is 5.02 Å². The van der Waals surface area contributed by atoms with Crippen LogP contribution < -0.4 is 11.1 Å². The predicted octanol–water partition coefficient (Wildman–Crippen LogP) is 4.74. The van der Waals surface area contributed by atoms with Crippen LogP contribution >= 0.6 is 36.4 Å². The van der Waals surface area contributed by atoms with Gasteiger partial charge in [0.2, 0.25) is 0 Å². The summed E-state index contributed by atoms with van der Waals surface area (Å²) in [5.41, 5.74) is 3.91. The van der Waals surface area contributed by atoms with Crippen molar-refractivity contribution < 1.29 is 27.5 Å². The Bertz CT molecular complexity index is 953. The minimum atomic E-state index is -4.73. The number of benzene rings is 1. The minimum absolute atomic E-state index is 0. The molecule has 1 amide bonds. The van der Waals surface area contributed by atoms with E-state index in [0.29, 0.717) is 6.07 Å². The summed E-state index contributed by atoms with van der Waals surface area (Å²) in [6.45, 7) is 5.14. The van der Waals surface area contributed by atoms with Gasteiger partial charge in [0.1, 0.15) is 11.5 Å². The molecule has 1 aromatic carbocycles. The molecule has 0 saturated carbocycles. The van der Waals surface area contributed by atoms with E-state index in [-0.39, 0.29) is 53.1 Å². The van der Waals surface area contributed by atoms with E-state index in [1.165, 1.54) is 12.1 Å². The fraction of sp³-hybridized carbons (Fsp3) is 0.429. The minimum Gasteiger partial charge on any atom is -0.391 e. The van der Waals surface area contributed by atoms with E-state index in [0.717, 1.165) is 12.1 Å². The van der Waals surface area contributed by atoms with Crippen molar-refractivity contribution in [1.82, 2.24) is 10.3 Å². The molecule has 1 aromatic heterocycles. The average molecular weight is 535 g/mol. The van der Waals surface area contributed by atoms with Crippen LogP contribution in [0.1, 0.15) is 48.1 Å². The topological polar surface area (TPSA) is 88.2 Å². The third kappa shape index (κ3) is 9.25. The highest BCUT2D eigenvalue weighted by Gasteiger charge is 2.34. The van der Waals surface area contributed by atoms with Crippen molar-refractivity contribution in [1.29, 1.82) is 0 Å². The van der Waals surface area contributed by atoms with Gasteiger partial charge >= 0.3 is 6.18 Å². The standard InChI is InChI=1S/C21H24ClF4N3O2.2ClH/c1-20(2,3)29-19(31)13-5-7-18(21(24,25)26)28-16(13)10-17(30)15(27)9-11-8-12(22)4-6-14(11)23;;/h4-8,15,17,30H,9-10,27H2,1-3H3,(H,29,31);2*1H/t15-,17+;;/m1../s1. The van der Waals surface area contributed by atoms with Gasteiger partial charge in [-0.3, -0.25) is 4.79 Å². The van der Waals surface area contributed by atoms with Crippen molar-refractivity contribution in [2.45, 2.75) is 57.5 Å². The second-order valence-corrected chi connectivity index (χ2v) is 8.70. The number of carbonyl (C=O) groups is 1. The van der Waals surface area contributed by atoms with Crippen LogP contribution in [0.4, 0.5) is 17.6 Å². The first-order valence-corrected chi connectivity index (χ1v) is 9.82. The summed E-state index contributed by atoms with van der Waals surface area (Å²) in [6, 6.07) is 4.54. The molecule has 12 heteroatoms. The number of hydrogen-bond donors (Lipinski definition) is 3. The van der Waals surface area contributed by atoms with Crippen LogP contribution in [0, 0.1) is 5.82 Å². The SMILES string of the molecule is CC(C)(C)NC(=O)c1ccc(C(F)(F)F)nc1C[C@H](O)[C@H](N)Cc1cc(Cl)ccc1F.Cl.Cl. The van der Waals surface area contributed by atoms with Crippen molar-refractivity contribution in [2.24, 2.45) is 5.73 Å². The van der Waals surface area contributed by atoms with E-state index < -0.39 is 47.7 Å². The van der Waals surface area contributed by atoms with E-state index >= 15 is 0 Å². The predicted molar refractivity (Wildman–Crippen MR) is 124 cm³/mol. The van der Waals surface area contributed by atoms with Gasteiger partial charge in [-0.05, 0) is 63.1 Å². The summed E-state index contributed by atoms with van der Waals surface area (Å²) >= 11 is 5.85. The molecule has 2 atom stereocenters. The van der Waals surface area contributed by atoms with Crippen molar-refractivity contribution >= 4 is 42.3 Å². The first-order valence-electron chi connectivity index (χ1n) is 9.44. The average Bonchev–Trinajstić information content (AvgIpc) is 2.62. The molecule has 0 aliphatic heterocycles. The number of nitrogens with one attached hydrogen (secondary N) is 1. The Kier molecular flexibility index (Phi) is 11.6. The number of alkyl halides is 3. The van der Waals surface area contributed by atoms with Gasteiger partial charge in [-0.25, -0.2) is 9.37 Å². The molecule has 0 aliphatic rings. The maximum atomic E-state index is 13.9. The molecule has 1 heterocycles. The molecule has 0 aliphatic carbocycles. The van der Waals surface area contributed by atoms with E-state index in [1.807, 2.05) is 0 Å². The summed E-state index contributed by atoms with van der Waals surface area (Å²) in [7, 11) is 0. The van der Waals surface area contributed by atoms with Crippen LogP contribution in [0.5, 0.6) is 0 Å². The number of rotatable bonds is 6. The molecule has 0 bridgehead atoms. The van der Waals surface area contributed by atoms with Crippen molar-refractivity contribution in [3.05, 3.63) is 63.7 Å². The largest absolute Gasteiger partial charge is 0.433 e. The van der Waals surface area contributed by atoms with E-state index in [1.54, 1.807) is 20.8 Å². The maximum absolute atomic E-state index is 13.9. The number of aliphatic hydroxyl groups excluding tert-OH is 1. The lowest BCUT2D eigenvalue weighted by molar-refractivity contribution is -0.141. The zero-order valence-corrected chi connectivity index (χ0v) is 20.4. The summed E-state index contributed by atoms with van der Waals surface area (Å²) in [6.07, 6.45) is -6.67. The van der Waals surface area contributed by atoms with Crippen LogP contribution in [0.3, 0.4) is 0 Å². The second kappa shape index (κ2) is 12.2. The van der Waals surface area contributed by atoms with Crippen molar-refractivity contribution in [3.8, 4) is 0 Å². The number of carbonyl (C=O) groups excluding carboxylic acids is 1. The van der Waals surface area contributed by atoms with Crippen LogP contribution in [0.15, 0.2) is 30.3 Å². The van der Waals surface area contributed by atoms with Gasteiger partial charge in [-0.2, -0.15) is 13.2 Å². The molecule has 2 aromatic rings. The van der Waals surface area contributed by atoms with Gasteiger partial charge in [0.25, 0.3) is 5.91 Å². The van der Waals surface area contributed by atoms with Crippen LogP contribution in [-0.4, -0.2) is 33.7 Å². The molecule has 0 unspecified atom stereocenters.